The molecule has 0 radical (unpaired) electrons. The highest BCUT2D eigenvalue weighted by Crippen LogP contribution is 2.03. The van der Waals surface area contributed by atoms with E-state index in [0.29, 0.717) is 6.04 Å². The van der Waals surface area contributed by atoms with Crippen molar-refractivity contribution in [2.24, 2.45) is 0 Å². The predicted molar refractivity (Wildman–Crippen MR) is 71.2 cm³/mol. The number of nitrogens with one attached hydrogen (secondary N) is 1. The fourth-order valence-corrected chi connectivity index (χ4v) is 1.75. The summed E-state index contributed by atoms with van der Waals surface area (Å²) in [5, 5.41) is 12.0. The van der Waals surface area contributed by atoms with Crippen LogP contribution in [0, 0.1) is 0 Å². The van der Waals surface area contributed by atoms with E-state index in [4.69, 9.17) is 0 Å². The van der Waals surface area contributed by atoms with E-state index in [0.717, 1.165) is 19.6 Å². The van der Waals surface area contributed by atoms with Gasteiger partial charge >= 0.3 is 0 Å². The van der Waals surface area contributed by atoms with E-state index in [9.17, 15) is 0 Å². The monoisotopic (exact) mass is 247 g/mol. The van der Waals surface area contributed by atoms with Crippen LogP contribution in [0.5, 0.6) is 0 Å². The summed E-state index contributed by atoms with van der Waals surface area (Å²) in [7, 11) is 0. The van der Waals surface area contributed by atoms with Gasteiger partial charge < -0.3 is 5.32 Å². The van der Waals surface area contributed by atoms with Crippen molar-refractivity contribution in [2.45, 2.75) is 46.4 Å². The number of nitrogens with zero attached hydrogens (tertiary/aromatic N) is 4. The second-order valence-electron chi connectivity index (χ2n) is 4.79. The SMILES string of the molecule is CCn1cc(Cn2cc(CNC(C)C)cn2)cn1. The van der Waals surface area contributed by atoms with Crippen molar-refractivity contribution in [1.82, 2.24) is 24.9 Å². The van der Waals surface area contributed by atoms with E-state index < -0.39 is 0 Å². The maximum atomic E-state index is 4.36. The van der Waals surface area contributed by atoms with Crippen LogP contribution in [-0.4, -0.2) is 25.6 Å². The molecule has 0 amide bonds. The summed E-state index contributed by atoms with van der Waals surface area (Å²) in [6.07, 6.45) is 7.96. The van der Waals surface area contributed by atoms with E-state index >= 15 is 0 Å². The molecule has 2 aromatic heterocycles. The Hall–Kier alpha value is -1.62. The molecule has 0 spiro atoms. The van der Waals surface area contributed by atoms with Gasteiger partial charge in [-0.2, -0.15) is 10.2 Å². The standard InChI is InChI=1S/C13H21N5/c1-4-17-9-13(7-15-17)10-18-8-12(6-16-18)5-14-11(2)3/h6-9,11,14H,4-5,10H2,1-3H3. The second-order valence-corrected chi connectivity index (χ2v) is 4.79. The Morgan fingerprint density at radius 3 is 2.44 bits per heavy atom. The molecular formula is C13H21N5. The number of rotatable bonds is 6. The molecule has 0 fully saturated rings. The van der Waals surface area contributed by atoms with Gasteiger partial charge in [0.15, 0.2) is 0 Å². The average molecular weight is 247 g/mol. The molecule has 0 aromatic carbocycles. The van der Waals surface area contributed by atoms with Crippen LogP contribution in [0.1, 0.15) is 31.9 Å². The smallest absolute Gasteiger partial charge is 0.0690 e. The normalized spacial score (nSPS) is 11.3. The van der Waals surface area contributed by atoms with E-state index in [1.807, 2.05) is 21.8 Å². The third-order valence-corrected chi connectivity index (χ3v) is 2.76. The van der Waals surface area contributed by atoms with Gasteiger partial charge in [-0.1, -0.05) is 13.8 Å². The molecule has 18 heavy (non-hydrogen) atoms. The van der Waals surface area contributed by atoms with Crippen LogP contribution in [0.2, 0.25) is 0 Å². The van der Waals surface area contributed by atoms with Gasteiger partial charge in [0, 0.05) is 42.7 Å². The van der Waals surface area contributed by atoms with Gasteiger partial charge in [0.1, 0.15) is 0 Å². The predicted octanol–water partition coefficient (Wildman–Crippen LogP) is 1.65. The largest absolute Gasteiger partial charge is 0.310 e. The van der Waals surface area contributed by atoms with Crippen molar-refractivity contribution < 1.29 is 0 Å². The van der Waals surface area contributed by atoms with Gasteiger partial charge in [-0.3, -0.25) is 9.36 Å². The summed E-state index contributed by atoms with van der Waals surface area (Å²) in [5.41, 5.74) is 2.40. The van der Waals surface area contributed by atoms with Crippen LogP contribution in [0.25, 0.3) is 0 Å². The Bertz CT molecular complexity index is 483. The van der Waals surface area contributed by atoms with Crippen molar-refractivity contribution in [1.29, 1.82) is 0 Å². The maximum Gasteiger partial charge on any atom is 0.0690 e. The highest BCUT2D eigenvalue weighted by molar-refractivity contribution is 5.08. The quantitative estimate of drug-likeness (QED) is 0.844. The van der Waals surface area contributed by atoms with Crippen LogP contribution in [0.3, 0.4) is 0 Å². The first-order chi connectivity index (χ1) is 8.67. The molecule has 2 heterocycles. The minimum Gasteiger partial charge on any atom is -0.310 e. The van der Waals surface area contributed by atoms with Crippen molar-refractivity contribution >= 4 is 0 Å². The van der Waals surface area contributed by atoms with E-state index in [2.05, 4.69) is 48.7 Å². The summed E-state index contributed by atoms with van der Waals surface area (Å²) >= 11 is 0. The van der Waals surface area contributed by atoms with Crippen LogP contribution in [0.15, 0.2) is 24.8 Å². The van der Waals surface area contributed by atoms with Gasteiger partial charge in [-0.15, -0.1) is 0 Å². The molecule has 0 saturated heterocycles. The first-order valence-corrected chi connectivity index (χ1v) is 6.43. The minimum atomic E-state index is 0.496. The molecule has 5 heteroatoms. The molecule has 0 aliphatic heterocycles. The average Bonchev–Trinajstić information content (AvgIpc) is 2.96. The zero-order valence-corrected chi connectivity index (χ0v) is 11.3. The molecule has 0 aliphatic carbocycles. The summed E-state index contributed by atoms with van der Waals surface area (Å²) in [4.78, 5) is 0. The molecule has 2 rings (SSSR count). The fourth-order valence-electron chi connectivity index (χ4n) is 1.75. The molecule has 0 unspecified atom stereocenters. The van der Waals surface area contributed by atoms with E-state index in [1.165, 1.54) is 11.1 Å². The molecule has 0 saturated carbocycles. The summed E-state index contributed by atoms with van der Waals surface area (Å²) in [5.74, 6) is 0. The molecular weight excluding hydrogens is 226 g/mol. The zero-order valence-electron chi connectivity index (χ0n) is 11.3. The van der Waals surface area contributed by atoms with Gasteiger partial charge in [0.25, 0.3) is 0 Å². The van der Waals surface area contributed by atoms with E-state index in [1.54, 1.807) is 0 Å². The Balaban J connectivity index is 1.93. The van der Waals surface area contributed by atoms with E-state index in [-0.39, 0.29) is 0 Å². The fraction of sp³-hybridized carbons (Fsp3) is 0.538. The number of aromatic nitrogens is 4. The highest BCUT2D eigenvalue weighted by Gasteiger charge is 2.02. The molecule has 0 bridgehead atoms. The summed E-state index contributed by atoms with van der Waals surface area (Å²) < 4.78 is 3.88. The molecule has 0 aliphatic rings. The Morgan fingerprint density at radius 1 is 1.11 bits per heavy atom. The molecule has 1 N–H and O–H groups in total. The third kappa shape index (κ3) is 3.43. The molecule has 98 valence electrons. The Kier molecular flexibility index (Phi) is 4.15. The molecule has 2 aromatic rings. The van der Waals surface area contributed by atoms with Crippen molar-refractivity contribution in [3.05, 3.63) is 35.9 Å². The first-order valence-electron chi connectivity index (χ1n) is 6.43. The lowest BCUT2D eigenvalue weighted by Gasteiger charge is -2.05. The minimum absolute atomic E-state index is 0.496. The first kappa shape index (κ1) is 12.8. The Labute approximate surface area is 108 Å². The van der Waals surface area contributed by atoms with Crippen LogP contribution < -0.4 is 5.32 Å². The highest BCUT2D eigenvalue weighted by atomic mass is 15.3. The summed E-state index contributed by atoms with van der Waals surface area (Å²) in [6.45, 7) is 8.92. The van der Waals surface area contributed by atoms with Gasteiger partial charge in [0.2, 0.25) is 0 Å². The topological polar surface area (TPSA) is 47.7 Å². The lowest BCUT2D eigenvalue weighted by Crippen LogP contribution is -2.21. The van der Waals surface area contributed by atoms with Crippen molar-refractivity contribution in [3.63, 3.8) is 0 Å². The number of aryl methyl sites for hydroxylation is 1. The molecule has 0 atom stereocenters. The van der Waals surface area contributed by atoms with Crippen molar-refractivity contribution in [3.8, 4) is 0 Å². The van der Waals surface area contributed by atoms with Gasteiger partial charge in [-0.25, -0.2) is 0 Å². The second kappa shape index (κ2) is 5.82. The lowest BCUT2D eigenvalue weighted by atomic mass is 10.3. The van der Waals surface area contributed by atoms with Crippen molar-refractivity contribution in [2.75, 3.05) is 0 Å². The maximum absolute atomic E-state index is 4.36. The van der Waals surface area contributed by atoms with Gasteiger partial charge in [-0.05, 0) is 6.92 Å². The van der Waals surface area contributed by atoms with Gasteiger partial charge in [0.05, 0.1) is 18.9 Å². The third-order valence-electron chi connectivity index (χ3n) is 2.76. The summed E-state index contributed by atoms with van der Waals surface area (Å²) in [6, 6.07) is 0.496. The van der Waals surface area contributed by atoms with Crippen LogP contribution in [-0.2, 0) is 19.6 Å². The zero-order chi connectivity index (χ0) is 13.0. The number of hydrogen-bond acceptors (Lipinski definition) is 3. The number of hydrogen-bond donors (Lipinski definition) is 1. The van der Waals surface area contributed by atoms with Crippen LogP contribution in [0.4, 0.5) is 0 Å². The van der Waals surface area contributed by atoms with Crippen LogP contribution >= 0.6 is 0 Å². The molecule has 5 nitrogen and oxygen atoms in total. The lowest BCUT2D eigenvalue weighted by molar-refractivity contribution is 0.588. The Morgan fingerprint density at radius 2 is 1.78 bits per heavy atom.